The van der Waals surface area contributed by atoms with E-state index in [0.717, 1.165) is 28.0 Å². The lowest BCUT2D eigenvalue weighted by atomic mass is 9.78. The van der Waals surface area contributed by atoms with Gasteiger partial charge in [0.1, 0.15) is 5.60 Å². The van der Waals surface area contributed by atoms with Crippen molar-refractivity contribution in [3.63, 3.8) is 0 Å². The second-order valence-corrected chi connectivity index (χ2v) is 12.6. The van der Waals surface area contributed by atoms with E-state index in [1.807, 2.05) is 13.8 Å². The molecule has 1 saturated heterocycles. The summed E-state index contributed by atoms with van der Waals surface area (Å²) in [6.45, 7) is 8.02. The van der Waals surface area contributed by atoms with Gasteiger partial charge in [-0.05, 0) is 72.9 Å². The zero-order chi connectivity index (χ0) is 31.0. The van der Waals surface area contributed by atoms with Crippen molar-refractivity contribution in [3.05, 3.63) is 152 Å². The van der Waals surface area contributed by atoms with Crippen LogP contribution in [0.15, 0.2) is 152 Å². The highest BCUT2D eigenvalue weighted by Crippen LogP contribution is 2.38. The molecule has 3 heterocycles. The highest BCUT2D eigenvalue weighted by atomic mass is 16.7. The summed E-state index contributed by atoms with van der Waals surface area (Å²) in [5.41, 5.74) is 9.64. The van der Waals surface area contributed by atoms with Crippen LogP contribution in [0.2, 0.25) is 0 Å². The molecule has 4 nitrogen and oxygen atoms in total. The summed E-state index contributed by atoms with van der Waals surface area (Å²) < 4.78 is 16.9. The Hall–Kier alpha value is -5.52. The minimum atomic E-state index is -0.517. The molecule has 0 unspecified atom stereocenters. The number of nitrogens with zero attached hydrogens (tertiary/aromatic N) is 2. The van der Waals surface area contributed by atoms with E-state index < -0.39 is 12.7 Å². The average molecular weight is 595 g/mol. The third-order valence-corrected chi connectivity index (χ3v) is 9.42. The molecule has 0 atom stereocenters. The van der Waals surface area contributed by atoms with Crippen LogP contribution in [0.1, 0.15) is 13.8 Å². The third kappa shape index (κ3) is 4.05. The largest absolute Gasteiger partial charge is 0.563 e. The van der Waals surface area contributed by atoms with Gasteiger partial charge in [0.25, 0.3) is 0 Å². The molecule has 0 saturated carbocycles. The van der Waals surface area contributed by atoms with Crippen molar-refractivity contribution in [3.8, 4) is 22.5 Å². The summed E-state index contributed by atoms with van der Waals surface area (Å²) in [4.78, 5) is 0. The molecule has 0 aliphatic carbocycles. The minimum Gasteiger partial charge on any atom is -0.534 e. The van der Waals surface area contributed by atoms with Crippen LogP contribution in [-0.4, -0.2) is 21.9 Å². The van der Waals surface area contributed by atoms with Crippen molar-refractivity contribution >= 4 is 56.2 Å². The molecule has 220 valence electrons. The molecule has 46 heavy (non-hydrogen) atoms. The van der Waals surface area contributed by atoms with Gasteiger partial charge in [-0.25, -0.2) is 0 Å². The Bertz CT molecular complexity index is 2250. The first kappa shape index (κ1) is 26.8. The van der Waals surface area contributed by atoms with Crippen LogP contribution in [0.4, 0.5) is 0 Å². The van der Waals surface area contributed by atoms with Crippen LogP contribution < -0.4 is 5.46 Å². The molecule has 2 aromatic heterocycles. The SMILES string of the molecule is C=C1OB(c2ccc(-c3cc(-n4c5ccccc5c5ccccc54)cc(-n4c5ccccc5c5ccccc54)c3)cc2)OC1(C)C. The van der Waals surface area contributed by atoms with E-state index in [9.17, 15) is 0 Å². The summed E-state index contributed by atoms with van der Waals surface area (Å²) in [7, 11) is -0.464. The highest BCUT2D eigenvalue weighted by Gasteiger charge is 2.42. The standard InChI is InChI=1S/C41H31BN2O2/c1-27-41(2,3)46-42(45-27)30-22-20-28(21-23-30)29-24-31(43-37-16-8-4-12-33(37)34-13-5-9-17-38(34)43)26-32(25-29)44-39-18-10-6-14-35(39)36-15-7-11-19-40(36)44/h4-26H,1H2,2-3H3. The molecule has 5 heteroatoms. The molecular formula is C41H31BN2O2. The van der Waals surface area contributed by atoms with Crippen LogP contribution in [0.5, 0.6) is 0 Å². The fourth-order valence-corrected chi connectivity index (χ4v) is 7.02. The summed E-state index contributed by atoms with van der Waals surface area (Å²) in [5, 5.41) is 4.97. The smallest absolute Gasteiger partial charge is 0.534 e. The van der Waals surface area contributed by atoms with Crippen molar-refractivity contribution in [2.45, 2.75) is 19.4 Å². The fourth-order valence-electron chi connectivity index (χ4n) is 7.02. The Morgan fingerprint density at radius 3 is 1.33 bits per heavy atom. The Labute approximate surface area is 267 Å². The normalized spacial score (nSPS) is 14.6. The monoisotopic (exact) mass is 594 g/mol. The maximum Gasteiger partial charge on any atom is 0.563 e. The number of rotatable bonds is 4. The Kier molecular flexibility index (Phi) is 5.84. The zero-order valence-corrected chi connectivity index (χ0v) is 25.8. The van der Waals surface area contributed by atoms with Crippen LogP contribution in [0.25, 0.3) is 66.1 Å². The topological polar surface area (TPSA) is 28.3 Å². The second-order valence-electron chi connectivity index (χ2n) is 12.6. The van der Waals surface area contributed by atoms with E-state index in [-0.39, 0.29) is 0 Å². The molecule has 9 rings (SSSR count). The van der Waals surface area contributed by atoms with E-state index >= 15 is 0 Å². The number of hydrogen-bond donors (Lipinski definition) is 0. The van der Waals surface area contributed by atoms with E-state index in [0.29, 0.717) is 5.76 Å². The van der Waals surface area contributed by atoms with Crippen molar-refractivity contribution in [1.82, 2.24) is 9.13 Å². The molecule has 6 aromatic carbocycles. The van der Waals surface area contributed by atoms with Gasteiger partial charge >= 0.3 is 7.12 Å². The van der Waals surface area contributed by atoms with Gasteiger partial charge in [0.15, 0.2) is 0 Å². The van der Waals surface area contributed by atoms with E-state index in [1.165, 1.54) is 43.6 Å². The predicted molar refractivity (Wildman–Crippen MR) is 191 cm³/mol. The lowest BCUT2D eigenvalue weighted by Crippen LogP contribution is -2.34. The maximum absolute atomic E-state index is 6.16. The zero-order valence-electron chi connectivity index (χ0n) is 25.8. The van der Waals surface area contributed by atoms with Gasteiger partial charge in [0, 0.05) is 32.9 Å². The number of aromatic nitrogens is 2. The predicted octanol–water partition coefficient (Wildman–Crippen LogP) is 9.58. The molecule has 0 amide bonds. The molecule has 0 spiro atoms. The third-order valence-electron chi connectivity index (χ3n) is 9.42. The number of benzene rings is 6. The first-order valence-electron chi connectivity index (χ1n) is 15.7. The molecule has 8 aromatic rings. The molecule has 1 fully saturated rings. The number of para-hydroxylation sites is 4. The molecule has 0 radical (unpaired) electrons. The Morgan fingerprint density at radius 1 is 0.522 bits per heavy atom. The summed E-state index contributed by atoms with van der Waals surface area (Å²) in [6.07, 6.45) is 0. The summed E-state index contributed by atoms with van der Waals surface area (Å²) in [6, 6.07) is 50.2. The first-order valence-corrected chi connectivity index (χ1v) is 15.7. The fraction of sp³-hybridized carbons (Fsp3) is 0.0732. The molecule has 0 bridgehead atoms. The minimum absolute atomic E-state index is 0.464. The van der Waals surface area contributed by atoms with Crippen molar-refractivity contribution in [2.24, 2.45) is 0 Å². The van der Waals surface area contributed by atoms with Gasteiger partial charge in [0.05, 0.1) is 27.8 Å². The van der Waals surface area contributed by atoms with Gasteiger partial charge in [-0.3, -0.25) is 0 Å². The van der Waals surface area contributed by atoms with Crippen molar-refractivity contribution in [1.29, 1.82) is 0 Å². The van der Waals surface area contributed by atoms with Gasteiger partial charge in [-0.15, -0.1) is 0 Å². The van der Waals surface area contributed by atoms with E-state index in [2.05, 4.69) is 155 Å². The first-order chi connectivity index (χ1) is 22.5. The lowest BCUT2D eigenvalue weighted by molar-refractivity contribution is 0.173. The Balaban J connectivity index is 1.29. The van der Waals surface area contributed by atoms with Gasteiger partial charge in [-0.1, -0.05) is 104 Å². The van der Waals surface area contributed by atoms with Crippen LogP contribution in [0.3, 0.4) is 0 Å². The summed E-state index contributed by atoms with van der Waals surface area (Å²) in [5.74, 6) is 0.649. The van der Waals surface area contributed by atoms with Crippen LogP contribution in [-0.2, 0) is 9.31 Å². The molecule has 0 N–H and O–H groups in total. The lowest BCUT2D eigenvalue weighted by Gasteiger charge is -2.16. The summed E-state index contributed by atoms with van der Waals surface area (Å²) >= 11 is 0. The average Bonchev–Trinajstić information content (AvgIpc) is 3.71. The van der Waals surface area contributed by atoms with E-state index in [1.54, 1.807) is 0 Å². The van der Waals surface area contributed by atoms with Crippen molar-refractivity contribution < 1.29 is 9.31 Å². The van der Waals surface area contributed by atoms with Crippen molar-refractivity contribution in [2.75, 3.05) is 0 Å². The Morgan fingerprint density at radius 2 is 0.935 bits per heavy atom. The maximum atomic E-state index is 6.16. The molecule has 1 aliphatic rings. The quantitative estimate of drug-likeness (QED) is 0.190. The number of fused-ring (bicyclic) bond motifs is 6. The van der Waals surface area contributed by atoms with Gasteiger partial charge in [0.2, 0.25) is 0 Å². The molecule has 1 aliphatic heterocycles. The van der Waals surface area contributed by atoms with Gasteiger partial charge in [-0.2, -0.15) is 0 Å². The second kappa shape index (κ2) is 10.00. The van der Waals surface area contributed by atoms with Crippen LogP contribution in [0, 0.1) is 0 Å². The highest BCUT2D eigenvalue weighted by molar-refractivity contribution is 6.62. The van der Waals surface area contributed by atoms with E-state index in [4.69, 9.17) is 9.31 Å². The molecular weight excluding hydrogens is 563 g/mol. The van der Waals surface area contributed by atoms with Crippen LogP contribution >= 0.6 is 0 Å². The number of hydrogen-bond acceptors (Lipinski definition) is 2. The van der Waals surface area contributed by atoms with Gasteiger partial charge < -0.3 is 18.4 Å².